The predicted molar refractivity (Wildman–Crippen MR) is 54.6 cm³/mol. The van der Waals surface area contributed by atoms with E-state index >= 15 is 0 Å². The Bertz CT molecular complexity index is 218. The van der Waals surface area contributed by atoms with E-state index in [-0.39, 0.29) is 5.78 Å². The minimum atomic E-state index is 0.251. The van der Waals surface area contributed by atoms with Crippen molar-refractivity contribution in [1.29, 1.82) is 0 Å². The third kappa shape index (κ3) is 3.55. The Morgan fingerprint density at radius 3 is 3.08 bits per heavy atom. The summed E-state index contributed by atoms with van der Waals surface area (Å²) in [5, 5.41) is 3.02. The van der Waals surface area contributed by atoms with Gasteiger partial charge in [0.15, 0.2) is 5.78 Å². The molecule has 1 N–H and O–H groups in total. The molecule has 0 unspecified atom stereocenters. The van der Waals surface area contributed by atoms with Gasteiger partial charge in [-0.05, 0) is 31.3 Å². The van der Waals surface area contributed by atoms with Crippen LogP contribution in [0.2, 0.25) is 0 Å². The summed E-state index contributed by atoms with van der Waals surface area (Å²) in [6.45, 7) is 4.75. The van der Waals surface area contributed by atoms with Crippen molar-refractivity contribution in [2.24, 2.45) is 0 Å². The third-order valence-electron chi connectivity index (χ3n) is 2.22. The molecule has 1 aliphatic carbocycles. The Hall–Kier alpha value is -0.890. The van der Waals surface area contributed by atoms with Crippen molar-refractivity contribution in [3.63, 3.8) is 0 Å². The zero-order valence-electron chi connectivity index (χ0n) is 8.01. The van der Waals surface area contributed by atoms with Gasteiger partial charge in [0.2, 0.25) is 0 Å². The second kappa shape index (κ2) is 5.70. The lowest BCUT2D eigenvalue weighted by molar-refractivity contribution is -0.115. The van der Waals surface area contributed by atoms with Crippen LogP contribution in [-0.2, 0) is 4.79 Å². The number of hydrogen-bond acceptors (Lipinski definition) is 2. The Morgan fingerprint density at radius 2 is 2.46 bits per heavy atom. The monoisotopic (exact) mass is 179 g/mol. The van der Waals surface area contributed by atoms with E-state index in [1.165, 1.54) is 12.8 Å². The molecule has 72 valence electrons. The fraction of sp³-hybridized carbons (Fsp3) is 0.545. The zero-order chi connectivity index (χ0) is 9.52. The first-order valence-corrected chi connectivity index (χ1v) is 4.88. The zero-order valence-corrected chi connectivity index (χ0v) is 8.01. The summed E-state index contributed by atoms with van der Waals surface area (Å²) in [6, 6.07) is 0. The Balaban J connectivity index is 2.29. The van der Waals surface area contributed by atoms with Crippen LogP contribution < -0.4 is 5.32 Å². The molecule has 0 spiro atoms. The van der Waals surface area contributed by atoms with E-state index in [4.69, 9.17) is 0 Å². The number of Topliss-reactive ketones (excluding diaryl/α,β-unsaturated/α-hetero) is 1. The summed E-state index contributed by atoms with van der Waals surface area (Å²) in [5.41, 5.74) is 1.02. The Morgan fingerprint density at radius 1 is 1.62 bits per heavy atom. The van der Waals surface area contributed by atoms with Crippen LogP contribution in [0.4, 0.5) is 0 Å². The second-order valence-corrected chi connectivity index (χ2v) is 3.32. The van der Waals surface area contributed by atoms with Crippen molar-refractivity contribution in [2.45, 2.75) is 25.7 Å². The number of ketones is 1. The van der Waals surface area contributed by atoms with Crippen LogP contribution in [0.25, 0.3) is 0 Å². The number of hydrogen-bond donors (Lipinski definition) is 1. The topological polar surface area (TPSA) is 29.1 Å². The van der Waals surface area contributed by atoms with Gasteiger partial charge in [-0.1, -0.05) is 12.2 Å². The van der Waals surface area contributed by atoms with Crippen molar-refractivity contribution < 1.29 is 4.79 Å². The van der Waals surface area contributed by atoms with E-state index in [0.717, 1.165) is 18.4 Å². The first-order chi connectivity index (χ1) is 6.34. The molecule has 1 aliphatic rings. The van der Waals surface area contributed by atoms with Gasteiger partial charge in [0.25, 0.3) is 0 Å². The van der Waals surface area contributed by atoms with E-state index in [1.807, 2.05) is 0 Å². The van der Waals surface area contributed by atoms with Gasteiger partial charge in [-0.2, -0.15) is 0 Å². The molecule has 0 aromatic carbocycles. The average Bonchev–Trinajstić information content (AvgIpc) is 2.19. The van der Waals surface area contributed by atoms with Gasteiger partial charge in [0, 0.05) is 6.54 Å². The number of nitrogens with one attached hydrogen (secondary N) is 1. The molecule has 0 saturated carbocycles. The maximum Gasteiger partial charge on any atom is 0.172 e. The molecule has 2 nitrogen and oxygen atoms in total. The van der Waals surface area contributed by atoms with Crippen molar-refractivity contribution >= 4 is 5.78 Å². The Kier molecular flexibility index (Phi) is 4.47. The SMILES string of the molecule is C=CCNCC(=O)C1=CCCCC1. The van der Waals surface area contributed by atoms with E-state index in [0.29, 0.717) is 13.1 Å². The third-order valence-corrected chi connectivity index (χ3v) is 2.22. The molecule has 1 rings (SSSR count). The molecular formula is C11H17NO. The van der Waals surface area contributed by atoms with E-state index in [2.05, 4.69) is 18.0 Å². The molecule has 0 atom stereocenters. The quantitative estimate of drug-likeness (QED) is 0.515. The molecule has 0 aromatic heterocycles. The lowest BCUT2D eigenvalue weighted by Crippen LogP contribution is -2.24. The van der Waals surface area contributed by atoms with Crippen LogP contribution in [0.3, 0.4) is 0 Å². The predicted octanol–water partition coefficient (Wildman–Crippen LogP) is 1.83. The molecule has 0 fully saturated rings. The van der Waals surface area contributed by atoms with Crippen LogP contribution in [-0.4, -0.2) is 18.9 Å². The van der Waals surface area contributed by atoms with Gasteiger partial charge in [-0.15, -0.1) is 6.58 Å². The van der Waals surface area contributed by atoms with Gasteiger partial charge >= 0.3 is 0 Å². The number of allylic oxidation sites excluding steroid dienone is 1. The Labute approximate surface area is 79.7 Å². The van der Waals surface area contributed by atoms with E-state index in [1.54, 1.807) is 6.08 Å². The number of carbonyl (C=O) groups is 1. The van der Waals surface area contributed by atoms with E-state index in [9.17, 15) is 4.79 Å². The summed E-state index contributed by atoms with van der Waals surface area (Å²) in [5.74, 6) is 0.251. The number of rotatable bonds is 5. The van der Waals surface area contributed by atoms with Crippen LogP contribution in [0, 0.1) is 0 Å². The highest BCUT2D eigenvalue weighted by Crippen LogP contribution is 2.17. The van der Waals surface area contributed by atoms with Gasteiger partial charge < -0.3 is 5.32 Å². The summed E-state index contributed by atoms with van der Waals surface area (Å²) < 4.78 is 0. The van der Waals surface area contributed by atoms with Crippen LogP contribution in [0.5, 0.6) is 0 Å². The number of carbonyl (C=O) groups excluding carboxylic acids is 1. The molecule has 0 radical (unpaired) electrons. The lowest BCUT2D eigenvalue weighted by Gasteiger charge is -2.11. The van der Waals surface area contributed by atoms with E-state index < -0.39 is 0 Å². The minimum absolute atomic E-state index is 0.251. The molecule has 13 heavy (non-hydrogen) atoms. The molecule has 0 amide bonds. The smallest absolute Gasteiger partial charge is 0.172 e. The molecule has 0 saturated heterocycles. The standard InChI is InChI=1S/C11H17NO/c1-2-8-12-9-11(13)10-6-4-3-5-7-10/h2,6,12H,1,3-5,7-9H2. The lowest BCUT2D eigenvalue weighted by atomic mass is 9.96. The molecule has 0 bridgehead atoms. The highest BCUT2D eigenvalue weighted by atomic mass is 16.1. The minimum Gasteiger partial charge on any atom is -0.306 e. The van der Waals surface area contributed by atoms with Crippen molar-refractivity contribution in [3.8, 4) is 0 Å². The fourth-order valence-electron chi connectivity index (χ4n) is 1.49. The summed E-state index contributed by atoms with van der Waals surface area (Å²) >= 11 is 0. The summed E-state index contributed by atoms with van der Waals surface area (Å²) in [4.78, 5) is 11.5. The molecule has 2 heteroatoms. The molecular weight excluding hydrogens is 162 g/mol. The van der Waals surface area contributed by atoms with Crippen molar-refractivity contribution in [2.75, 3.05) is 13.1 Å². The highest BCUT2D eigenvalue weighted by molar-refractivity contribution is 5.96. The van der Waals surface area contributed by atoms with Gasteiger partial charge in [0.05, 0.1) is 6.54 Å². The maximum absolute atomic E-state index is 11.5. The van der Waals surface area contributed by atoms with Crippen molar-refractivity contribution in [1.82, 2.24) is 5.32 Å². The van der Waals surface area contributed by atoms with Crippen LogP contribution >= 0.6 is 0 Å². The normalized spacial score (nSPS) is 16.5. The van der Waals surface area contributed by atoms with Gasteiger partial charge in [-0.25, -0.2) is 0 Å². The fourth-order valence-corrected chi connectivity index (χ4v) is 1.49. The summed E-state index contributed by atoms with van der Waals surface area (Å²) in [7, 11) is 0. The van der Waals surface area contributed by atoms with Gasteiger partial charge in [0.1, 0.15) is 0 Å². The highest BCUT2D eigenvalue weighted by Gasteiger charge is 2.10. The largest absolute Gasteiger partial charge is 0.306 e. The maximum atomic E-state index is 11.5. The average molecular weight is 179 g/mol. The van der Waals surface area contributed by atoms with Crippen LogP contribution in [0.15, 0.2) is 24.3 Å². The first-order valence-electron chi connectivity index (χ1n) is 4.88. The summed E-state index contributed by atoms with van der Waals surface area (Å²) in [6.07, 6.45) is 8.29. The van der Waals surface area contributed by atoms with Gasteiger partial charge in [-0.3, -0.25) is 4.79 Å². The van der Waals surface area contributed by atoms with Crippen molar-refractivity contribution in [3.05, 3.63) is 24.3 Å². The molecule has 0 aromatic rings. The first kappa shape index (κ1) is 10.2. The second-order valence-electron chi connectivity index (χ2n) is 3.32. The van der Waals surface area contributed by atoms with Crippen LogP contribution in [0.1, 0.15) is 25.7 Å². The molecule has 0 aliphatic heterocycles. The molecule has 0 heterocycles.